The topological polar surface area (TPSA) is 96.3 Å². The van der Waals surface area contributed by atoms with Crippen LogP contribution in [0.1, 0.15) is 11.3 Å². The van der Waals surface area contributed by atoms with Gasteiger partial charge in [0.05, 0.1) is 21.8 Å². The van der Waals surface area contributed by atoms with Crippen LogP contribution in [0.15, 0.2) is 87.5 Å². The van der Waals surface area contributed by atoms with Crippen LogP contribution in [-0.4, -0.2) is 24.4 Å². The number of nitrogens with zero attached hydrogens (tertiary/aromatic N) is 2. The van der Waals surface area contributed by atoms with Gasteiger partial charge in [0.1, 0.15) is 0 Å². The molecule has 0 aliphatic rings. The van der Waals surface area contributed by atoms with Gasteiger partial charge in [0.25, 0.3) is 15.6 Å². The van der Waals surface area contributed by atoms with Crippen molar-refractivity contribution < 1.29 is 8.42 Å². The summed E-state index contributed by atoms with van der Waals surface area (Å²) in [6, 6.07) is 19.2. The van der Waals surface area contributed by atoms with E-state index < -0.39 is 10.0 Å². The third-order valence-electron chi connectivity index (χ3n) is 4.79. The fourth-order valence-corrected chi connectivity index (χ4v) is 4.38. The number of aryl methyl sites for hydroxylation is 1. The maximum absolute atomic E-state index is 12.8. The Labute approximate surface area is 200 Å². The normalized spacial score (nSPS) is 11.7. The van der Waals surface area contributed by atoms with Gasteiger partial charge in [-0.25, -0.2) is 13.1 Å². The second kappa shape index (κ2) is 9.27. The largest absolute Gasteiger partial charge is 0.295 e. The van der Waals surface area contributed by atoms with Crippen LogP contribution in [0.25, 0.3) is 5.69 Å². The quantitative estimate of drug-likeness (QED) is 0.350. The van der Waals surface area contributed by atoms with Crippen molar-refractivity contribution in [1.29, 1.82) is 0 Å². The van der Waals surface area contributed by atoms with Gasteiger partial charge < -0.3 is 0 Å². The molecule has 33 heavy (non-hydrogen) atoms. The molecule has 4 rings (SSSR count). The predicted octanol–water partition coefficient (Wildman–Crippen LogP) is 5.33. The first-order chi connectivity index (χ1) is 15.7. The van der Waals surface area contributed by atoms with Gasteiger partial charge >= 0.3 is 0 Å². The van der Waals surface area contributed by atoms with E-state index in [1.807, 2.05) is 0 Å². The van der Waals surface area contributed by atoms with Crippen molar-refractivity contribution in [3.63, 3.8) is 0 Å². The van der Waals surface area contributed by atoms with Crippen molar-refractivity contribution in [2.24, 2.45) is 4.99 Å². The number of aliphatic imine (C=N–C) groups is 1. The molecule has 0 atom stereocenters. The minimum absolute atomic E-state index is 0.0827. The van der Waals surface area contributed by atoms with Crippen LogP contribution < -0.4 is 10.3 Å². The molecule has 3 aromatic carbocycles. The number of sulfonamides is 1. The van der Waals surface area contributed by atoms with E-state index in [4.69, 9.17) is 23.2 Å². The summed E-state index contributed by atoms with van der Waals surface area (Å²) in [6.45, 7) is 1.77. The van der Waals surface area contributed by atoms with Gasteiger partial charge in [-0.05, 0) is 79.7 Å². The monoisotopic (exact) mass is 500 g/mol. The number of H-pyrrole nitrogens is 1. The predicted molar refractivity (Wildman–Crippen MR) is 132 cm³/mol. The van der Waals surface area contributed by atoms with E-state index in [9.17, 15) is 13.2 Å². The number of aromatic nitrogens is 2. The molecular weight excluding hydrogens is 483 g/mol. The number of hydrogen-bond acceptors (Lipinski definition) is 4. The Bertz CT molecular complexity index is 1470. The molecule has 0 fully saturated rings. The number of benzene rings is 3. The molecule has 0 spiro atoms. The number of halogens is 2. The highest BCUT2D eigenvalue weighted by atomic mass is 35.5. The summed E-state index contributed by atoms with van der Waals surface area (Å²) < 4.78 is 29.1. The number of hydrogen-bond donors (Lipinski definition) is 2. The first-order valence-electron chi connectivity index (χ1n) is 9.73. The van der Waals surface area contributed by atoms with Crippen LogP contribution >= 0.6 is 23.2 Å². The second-order valence-corrected chi connectivity index (χ2v) is 9.69. The average molecular weight is 501 g/mol. The Kier molecular flexibility index (Phi) is 6.42. The molecule has 0 saturated heterocycles. The van der Waals surface area contributed by atoms with Gasteiger partial charge in [-0.15, -0.1) is 0 Å². The molecule has 0 aliphatic carbocycles. The van der Waals surface area contributed by atoms with Gasteiger partial charge in [0, 0.05) is 27.6 Å². The van der Waals surface area contributed by atoms with Gasteiger partial charge in [-0.1, -0.05) is 23.2 Å². The summed E-state index contributed by atoms with van der Waals surface area (Å²) in [5, 5.41) is 4.10. The summed E-state index contributed by atoms with van der Waals surface area (Å²) in [4.78, 5) is 17.2. The molecule has 7 nitrogen and oxygen atoms in total. The first kappa shape index (κ1) is 22.8. The summed E-state index contributed by atoms with van der Waals surface area (Å²) in [7, 11) is -3.77. The van der Waals surface area contributed by atoms with Crippen molar-refractivity contribution in [3.8, 4) is 5.69 Å². The highest BCUT2D eigenvalue weighted by molar-refractivity contribution is 7.92. The summed E-state index contributed by atoms with van der Waals surface area (Å²) in [5.41, 5.74) is 2.33. The maximum atomic E-state index is 12.8. The smallest absolute Gasteiger partial charge is 0.280 e. The van der Waals surface area contributed by atoms with E-state index >= 15 is 0 Å². The van der Waals surface area contributed by atoms with Gasteiger partial charge in [-0.2, -0.15) is 0 Å². The molecule has 1 aromatic heterocycles. The van der Waals surface area contributed by atoms with Crippen LogP contribution in [0.3, 0.4) is 0 Å². The minimum atomic E-state index is -3.77. The molecule has 0 aliphatic heterocycles. The fraction of sp³-hybridized carbons (Fsp3) is 0.0435. The molecule has 4 aromatic rings. The summed E-state index contributed by atoms with van der Waals surface area (Å²) in [5.74, 6) is 0. The SMILES string of the molecule is Cc1[nH]n(-c2ccc(Cl)cc2)c(=O)c1C=Nc1ccc(S(=O)(=O)Nc2ccc(Cl)cc2)cc1. The molecule has 168 valence electrons. The van der Waals surface area contributed by atoms with E-state index in [0.717, 1.165) is 0 Å². The molecule has 0 amide bonds. The first-order valence-corrected chi connectivity index (χ1v) is 12.0. The highest BCUT2D eigenvalue weighted by Crippen LogP contribution is 2.21. The number of rotatable bonds is 6. The van der Waals surface area contributed by atoms with E-state index in [2.05, 4.69) is 14.8 Å². The lowest BCUT2D eigenvalue weighted by molar-refractivity contribution is 0.601. The van der Waals surface area contributed by atoms with Gasteiger partial charge in [-0.3, -0.25) is 19.6 Å². The number of nitrogens with one attached hydrogen (secondary N) is 2. The zero-order chi connectivity index (χ0) is 23.6. The maximum Gasteiger partial charge on any atom is 0.280 e. The zero-order valence-electron chi connectivity index (χ0n) is 17.3. The Morgan fingerprint density at radius 2 is 1.48 bits per heavy atom. The van der Waals surface area contributed by atoms with Crippen molar-refractivity contribution in [2.75, 3.05) is 4.72 Å². The van der Waals surface area contributed by atoms with E-state index in [1.165, 1.54) is 23.0 Å². The average Bonchev–Trinajstić information content (AvgIpc) is 3.08. The Morgan fingerprint density at radius 1 is 0.909 bits per heavy atom. The van der Waals surface area contributed by atoms with Crippen molar-refractivity contribution in [2.45, 2.75) is 11.8 Å². The van der Waals surface area contributed by atoms with Crippen LogP contribution in [0.4, 0.5) is 11.4 Å². The molecule has 0 bridgehead atoms. The molecule has 0 saturated carbocycles. The Balaban J connectivity index is 1.53. The van der Waals surface area contributed by atoms with Crippen LogP contribution in [-0.2, 0) is 10.0 Å². The lowest BCUT2D eigenvalue weighted by Gasteiger charge is -2.08. The van der Waals surface area contributed by atoms with Crippen LogP contribution in [0.2, 0.25) is 10.0 Å². The number of anilines is 1. The number of aromatic amines is 1. The van der Waals surface area contributed by atoms with Gasteiger partial charge in [0.15, 0.2) is 0 Å². The Morgan fingerprint density at radius 3 is 2.09 bits per heavy atom. The standard InChI is InChI=1S/C23H18Cl2N4O3S/c1-15-22(23(30)29(27-15)20-10-4-17(25)5-11-20)14-26-18-8-12-21(13-9-18)33(31,32)28-19-6-2-16(24)3-7-19/h2-14,27-28H,1H3. The Hall–Kier alpha value is -3.33. The lowest BCUT2D eigenvalue weighted by Crippen LogP contribution is -2.17. The summed E-state index contributed by atoms with van der Waals surface area (Å²) in [6.07, 6.45) is 1.45. The zero-order valence-corrected chi connectivity index (χ0v) is 19.6. The molecular formula is C23H18Cl2N4O3S. The van der Waals surface area contributed by atoms with Crippen LogP contribution in [0.5, 0.6) is 0 Å². The second-order valence-electron chi connectivity index (χ2n) is 7.13. The van der Waals surface area contributed by atoms with Crippen molar-refractivity contribution in [3.05, 3.63) is 104 Å². The van der Waals surface area contributed by atoms with Crippen LogP contribution in [0, 0.1) is 6.92 Å². The van der Waals surface area contributed by atoms with E-state index in [0.29, 0.717) is 38.4 Å². The third-order valence-corrected chi connectivity index (χ3v) is 6.69. The van der Waals surface area contributed by atoms with Gasteiger partial charge in [0.2, 0.25) is 0 Å². The third kappa shape index (κ3) is 5.19. The molecule has 0 radical (unpaired) electrons. The molecule has 2 N–H and O–H groups in total. The molecule has 0 unspecified atom stereocenters. The van der Waals surface area contributed by atoms with Crippen molar-refractivity contribution >= 4 is 50.8 Å². The fourth-order valence-electron chi connectivity index (χ4n) is 3.07. The van der Waals surface area contributed by atoms with Crippen molar-refractivity contribution in [1.82, 2.24) is 9.78 Å². The lowest BCUT2D eigenvalue weighted by atomic mass is 10.2. The molecule has 1 heterocycles. The summed E-state index contributed by atoms with van der Waals surface area (Å²) >= 11 is 11.7. The minimum Gasteiger partial charge on any atom is -0.295 e. The highest BCUT2D eigenvalue weighted by Gasteiger charge is 2.14. The molecule has 10 heteroatoms. The van der Waals surface area contributed by atoms with E-state index in [-0.39, 0.29) is 10.5 Å². The van der Waals surface area contributed by atoms with E-state index in [1.54, 1.807) is 67.6 Å².